The number of piperidine rings is 1. The lowest BCUT2D eigenvalue weighted by Crippen LogP contribution is -2.43. The Morgan fingerprint density at radius 2 is 1.90 bits per heavy atom. The van der Waals surface area contributed by atoms with Crippen LogP contribution < -0.4 is 10.1 Å². The minimum absolute atomic E-state index is 0.144. The third-order valence-corrected chi connectivity index (χ3v) is 7.75. The fourth-order valence-corrected chi connectivity index (χ4v) is 5.67. The molecule has 1 amide bonds. The normalized spacial score (nSPS) is 17.5. The molecule has 1 aliphatic heterocycles. The molecular formula is C24H32N2O4S. The van der Waals surface area contributed by atoms with Gasteiger partial charge in [0.2, 0.25) is 15.9 Å². The Hall–Kier alpha value is -2.38. The van der Waals surface area contributed by atoms with Crippen LogP contribution in [0.15, 0.2) is 41.3 Å². The maximum absolute atomic E-state index is 13.5. The van der Waals surface area contributed by atoms with E-state index in [0.717, 1.165) is 22.4 Å². The van der Waals surface area contributed by atoms with Gasteiger partial charge in [-0.1, -0.05) is 37.6 Å². The molecule has 31 heavy (non-hydrogen) atoms. The zero-order valence-corrected chi connectivity index (χ0v) is 19.8. The highest BCUT2D eigenvalue weighted by Crippen LogP contribution is 2.32. The van der Waals surface area contributed by atoms with Crippen LogP contribution in [0, 0.1) is 19.8 Å². The van der Waals surface area contributed by atoms with Crippen LogP contribution >= 0.6 is 0 Å². The first-order valence-electron chi connectivity index (χ1n) is 10.7. The van der Waals surface area contributed by atoms with Crippen LogP contribution in [-0.2, 0) is 14.8 Å². The minimum Gasteiger partial charge on any atom is -0.495 e. The van der Waals surface area contributed by atoms with Crippen molar-refractivity contribution in [2.45, 2.75) is 51.3 Å². The molecular weight excluding hydrogens is 412 g/mol. The highest BCUT2D eigenvalue weighted by atomic mass is 32.2. The summed E-state index contributed by atoms with van der Waals surface area (Å²) < 4.78 is 33.7. The fourth-order valence-electron chi connectivity index (χ4n) is 3.96. The monoisotopic (exact) mass is 444 g/mol. The van der Waals surface area contributed by atoms with Crippen LogP contribution in [0.4, 0.5) is 5.69 Å². The number of anilines is 1. The fraction of sp³-hybridized carbons (Fsp3) is 0.458. The number of aryl methyl sites for hydroxylation is 2. The van der Waals surface area contributed by atoms with E-state index in [2.05, 4.69) is 5.32 Å². The van der Waals surface area contributed by atoms with Crippen molar-refractivity contribution in [2.75, 3.05) is 25.5 Å². The predicted octanol–water partition coefficient (Wildman–Crippen LogP) is 4.47. The molecule has 0 radical (unpaired) electrons. The summed E-state index contributed by atoms with van der Waals surface area (Å²) in [6.45, 7) is 8.55. The number of sulfonamides is 1. The number of carbonyl (C=O) groups is 1. The quantitative estimate of drug-likeness (QED) is 0.713. The van der Waals surface area contributed by atoms with Gasteiger partial charge in [0, 0.05) is 18.8 Å². The van der Waals surface area contributed by atoms with E-state index in [9.17, 15) is 13.2 Å². The molecule has 2 aromatic carbocycles. The molecule has 7 heteroatoms. The number of methoxy groups -OCH3 is 1. The number of ether oxygens (including phenoxy) is 1. The van der Waals surface area contributed by atoms with E-state index < -0.39 is 15.9 Å². The van der Waals surface area contributed by atoms with Crippen LogP contribution in [0.3, 0.4) is 0 Å². The van der Waals surface area contributed by atoms with E-state index in [0.29, 0.717) is 25.1 Å². The lowest BCUT2D eigenvalue weighted by atomic mass is 9.98. The summed E-state index contributed by atoms with van der Waals surface area (Å²) in [6, 6.07) is 11.1. The Kier molecular flexibility index (Phi) is 7.06. The lowest BCUT2D eigenvalue weighted by Gasteiger charge is -2.31. The molecule has 0 aliphatic carbocycles. The average molecular weight is 445 g/mol. The number of hydrogen-bond donors (Lipinski definition) is 1. The molecule has 1 aliphatic rings. The Morgan fingerprint density at radius 3 is 2.55 bits per heavy atom. The molecule has 1 fully saturated rings. The van der Waals surface area contributed by atoms with Crippen molar-refractivity contribution in [1.29, 1.82) is 0 Å². The predicted molar refractivity (Wildman–Crippen MR) is 123 cm³/mol. The number of carbonyl (C=O) groups excluding carboxylic acids is 1. The molecule has 0 saturated carbocycles. The molecule has 1 saturated heterocycles. The molecule has 6 nitrogen and oxygen atoms in total. The molecule has 3 rings (SSSR count). The second-order valence-corrected chi connectivity index (χ2v) is 10.5. The van der Waals surface area contributed by atoms with Gasteiger partial charge in [-0.05, 0) is 61.9 Å². The summed E-state index contributed by atoms with van der Waals surface area (Å²) in [5.74, 6) is -0.0259. The van der Waals surface area contributed by atoms with Gasteiger partial charge in [0.05, 0.1) is 13.0 Å². The standard InChI is InChI=1S/C24H32N2O4S/c1-16(2)19-9-11-22(30-5)23(14-19)31(28,29)26-12-6-7-20(15-26)24(27)25-21-10-8-17(3)13-18(21)4/h8-11,13-14,16,20H,6-7,12,15H2,1-5H3,(H,25,27)/t20-/m0/s1. The van der Waals surface area contributed by atoms with Crippen LogP contribution in [0.5, 0.6) is 5.75 Å². The van der Waals surface area contributed by atoms with E-state index in [1.165, 1.54) is 11.4 Å². The van der Waals surface area contributed by atoms with Crippen molar-refractivity contribution in [3.63, 3.8) is 0 Å². The van der Waals surface area contributed by atoms with Gasteiger partial charge in [-0.3, -0.25) is 4.79 Å². The van der Waals surface area contributed by atoms with Gasteiger partial charge >= 0.3 is 0 Å². The van der Waals surface area contributed by atoms with Crippen molar-refractivity contribution in [1.82, 2.24) is 4.31 Å². The molecule has 1 N–H and O–H groups in total. The van der Waals surface area contributed by atoms with Crippen molar-refractivity contribution in [3.8, 4) is 5.75 Å². The third-order valence-electron chi connectivity index (χ3n) is 5.87. The zero-order chi connectivity index (χ0) is 22.8. The Morgan fingerprint density at radius 1 is 1.16 bits per heavy atom. The van der Waals surface area contributed by atoms with Crippen molar-refractivity contribution < 1.29 is 17.9 Å². The van der Waals surface area contributed by atoms with Gasteiger partial charge in [-0.15, -0.1) is 0 Å². The molecule has 0 spiro atoms. The van der Waals surface area contributed by atoms with Gasteiger partial charge in [0.1, 0.15) is 10.6 Å². The smallest absolute Gasteiger partial charge is 0.246 e. The Balaban J connectivity index is 1.82. The summed E-state index contributed by atoms with van der Waals surface area (Å²) in [4.78, 5) is 13.1. The lowest BCUT2D eigenvalue weighted by molar-refractivity contribution is -0.120. The molecule has 0 bridgehead atoms. The molecule has 168 valence electrons. The van der Waals surface area contributed by atoms with E-state index in [-0.39, 0.29) is 23.3 Å². The largest absolute Gasteiger partial charge is 0.495 e. The van der Waals surface area contributed by atoms with Gasteiger partial charge < -0.3 is 10.1 Å². The summed E-state index contributed by atoms with van der Waals surface area (Å²) in [5, 5.41) is 2.98. The first-order chi connectivity index (χ1) is 14.6. The highest BCUT2D eigenvalue weighted by Gasteiger charge is 2.35. The van der Waals surface area contributed by atoms with E-state index in [4.69, 9.17) is 4.74 Å². The van der Waals surface area contributed by atoms with E-state index in [1.54, 1.807) is 12.1 Å². The summed E-state index contributed by atoms with van der Waals surface area (Å²) >= 11 is 0. The van der Waals surface area contributed by atoms with Crippen LogP contribution in [-0.4, -0.2) is 38.8 Å². The maximum atomic E-state index is 13.5. The molecule has 1 heterocycles. The second kappa shape index (κ2) is 9.40. The highest BCUT2D eigenvalue weighted by molar-refractivity contribution is 7.89. The summed E-state index contributed by atoms with van der Waals surface area (Å²) in [6.07, 6.45) is 1.29. The number of amides is 1. The average Bonchev–Trinajstić information content (AvgIpc) is 2.75. The van der Waals surface area contributed by atoms with Gasteiger partial charge in [0.25, 0.3) is 0 Å². The maximum Gasteiger partial charge on any atom is 0.246 e. The van der Waals surface area contributed by atoms with Crippen molar-refractivity contribution in [3.05, 3.63) is 53.1 Å². The second-order valence-electron chi connectivity index (χ2n) is 8.57. The first-order valence-corrected chi connectivity index (χ1v) is 12.1. The molecule has 1 atom stereocenters. The van der Waals surface area contributed by atoms with E-state index >= 15 is 0 Å². The Labute approximate surface area is 185 Å². The molecule has 2 aromatic rings. The number of nitrogens with one attached hydrogen (secondary N) is 1. The van der Waals surface area contributed by atoms with Gasteiger partial charge in [-0.25, -0.2) is 8.42 Å². The van der Waals surface area contributed by atoms with Gasteiger partial charge in [-0.2, -0.15) is 4.31 Å². The minimum atomic E-state index is -3.79. The number of benzene rings is 2. The van der Waals surface area contributed by atoms with E-state index in [1.807, 2.05) is 52.0 Å². The summed E-state index contributed by atoms with van der Waals surface area (Å²) in [7, 11) is -2.31. The van der Waals surface area contributed by atoms with Crippen molar-refractivity contribution in [2.24, 2.45) is 5.92 Å². The third kappa shape index (κ3) is 5.10. The van der Waals surface area contributed by atoms with Gasteiger partial charge in [0.15, 0.2) is 0 Å². The van der Waals surface area contributed by atoms with Crippen LogP contribution in [0.1, 0.15) is 49.3 Å². The SMILES string of the molecule is COc1ccc(C(C)C)cc1S(=O)(=O)N1CCC[C@H](C(=O)Nc2ccc(C)cc2C)C1. The topological polar surface area (TPSA) is 75.7 Å². The molecule has 0 unspecified atom stereocenters. The number of nitrogens with zero attached hydrogens (tertiary/aromatic N) is 1. The van der Waals surface area contributed by atoms with Crippen LogP contribution in [0.2, 0.25) is 0 Å². The first kappa shape index (κ1) is 23.3. The number of rotatable bonds is 6. The molecule has 0 aromatic heterocycles. The zero-order valence-electron chi connectivity index (χ0n) is 18.9. The Bertz CT molecular complexity index is 1060. The number of hydrogen-bond acceptors (Lipinski definition) is 4. The van der Waals surface area contributed by atoms with Crippen LogP contribution in [0.25, 0.3) is 0 Å². The summed E-state index contributed by atoms with van der Waals surface area (Å²) in [5.41, 5.74) is 3.81. The van der Waals surface area contributed by atoms with Crippen molar-refractivity contribution >= 4 is 21.6 Å².